The summed E-state index contributed by atoms with van der Waals surface area (Å²) in [6.07, 6.45) is 3.38. The van der Waals surface area contributed by atoms with E-state index < -0.39 is 5.60 Å². The minimum absolute atomic E-state index is 0.183. The molecule has 1 amide bonds. The molecule has 24 heavy (non-hydrogen) atoms. The molecule has 1 aromatic carbocycles. The van der Waals surface area contributed by atoms with Gasteiger partial charge in [-0.2, -0.15) is 9.78 Å². The Morgan fingerprint density at radius 1 is 1.21 bits per heavy atom. The maximum Gasteiger partial charge on any atom is 0.274 e. The Balaban J connectivity index is 1.84. The van der Waals surface area contributed by atoms with Gasteiger partial charge in [0, 0.05) is 19.7 Å². The third-order valence-corrected chi connectivity index (χ3v) is 4.43. The Morgan fingerprint density at radius 3 is 2.54 bits per heavy atom. The molecular weight excluding hydrogens is 306 g/mol. The van der Waals surface area contributed by atoms with Crippen LogP contribution < -0.4 is 5.56 Å². The van der Waals surface area contributed by atoms with Gasteiger partial charge in [0.1, 0.15) is 5.69 Å². The molecule has 1 heterocycles. The summed E-state index contributed by atoms with van der Waals surface area (Å²) in [5, 5.41) is 14.7. The molecular formula is C18H21N3O3. The van der Waals surface area contributed by atoms with Gasteiger partial charge in [-0.25, -0.2) is 0 Å². The number of para-hydroxylation sites is 1. The molecule has 2 aromatic rings. The molecule has 0 spiro atoms. The number of hydrogen-bond acceptors (Lipinski definition) is 4. The van der Waals surface area contributed by atoms with Crippen LogP contribution in [-0.2, 0) is 0 Å². The Morgan fingerprint density at radius 2 is 1.88 bits per heavy atom. The molecule has 0 saturated heterocycles. The number of carbonyl (C=O) groups excluding carboxylic acids is 1. The van der Waals surface area contributed by atoms with Gasteiger partial charge in [-0.1, -0.05) is 31.0 Å². The minimum Gasteiger partial charge on any atom is -0.388 e. The van der Waals surface area contributed by atoms with Gasteiger partial charge in [0.05, 0.1) is 11.3 Å². The van der Waals surface area contributed by atoms with E-state index in [-0.39, 0.29) is 23.7 Å². The van der Waals surface area contributed by atoms with E-state index in [1.165, 1.54) is 21.7 Å². The summed E-state index contributed by atoms with van der Waals surface area (Å²) in [5.41, 5.74) is -0.315. The maximum atomic E-state index is 12.6. The number of hydrogen-bond donors (Lipinski definition) is 1. The van der Waals surface area contributed by atoms with Crippen molar-refractivity contribution in [1.82, 2.24) is 14.7 Å². The maximum absolute atomic E-state index is 12.6. The average molecular weight is 327 g/mol. The van der Waals surface area contributed by atoms with Crippen molar-refractivity contribution in [2.45, 2.75) is 31.3 Å². The number of likely N-dealkylation sites (N-methyl/N-ethyl adjacent to an activating group) is 1. The number of rotatable bonds is 4. The van der Waals surface area contributed by atoms with Crippen LogP contribution in [0.5, 0.6) is 0 Å². The molecule has 0 unspecified atom stereocenters. The van der Waals surface area contributed by atoms with Gasteiger partial charge in [-0.3, -0.25) is 9.59 Å². The first-order chi connectivity index (χ1) is 11.5. The lowest BCUT2D eigenvalue weighted by Crippen LogP contribution is -2.42. The van der Waals surface area contributed by atoms with Crippen molar-refractivity contribution in [3.05, 3.63) is 58.5 Å². The number of nitrogens with zero attached hydrogens (tertiary/aromatic N) is 3. The van der Waals surface area contributed by atoms with E-state index in [0.29, 0.717) is 18.5 Å². The summed E-state index contributed by atoms with van der Waals surface area (Å²) < 4.78 is 1.21. The number of amides is 1. The van der Waals surface area contributed by atoms with Crippen LogP contribution in [0.25, 0.3) is 5.69 Å². The Bertz CT molecular complexity index is 780. The first-order valence-electron chi connectivity index (χ1n) is 8.12. The molecule has 0 bridgehead atoms. The van der Waals surface area contributed by atoms with Crippen molar-refractivity contribution in [2.24, 2.45) is 0 Å². The number of aromatic nitrogens is 2. The van der Waals surface area contributed by atoms with E-state index in [1.54, 1.807) is 31.3 Å². The standard InChI is InChI=1S/C18H21N3O3/c1-20(13-18(24)11-5-6-12-18)17(23)15-9-10-16(22)21(19-15)14-7-3-2-4-8-14/h2-4,7-10,24H,5-6,11-13H2,1H3. The van der Waals surface area contributed by atoms with Gasteiger partial charge < -0.3 is 10.0 Å². The fraction of sp³-hybridized carbons (Fsp3) is 0.389. The fourth-order valence-corrected chi connectivity index (χ4v) is 3.18. The van der Waals surface area contributed by atoms with Crippen LogP contribution in [0.3, 0.4) is 0 Å². The van der Waals surface area contributed by atoms with Crippen molar-refractivity contribution in [3.63, 3.8) is 0 Å². The predicted molar refractivity (Wildman–Crippen MR) is 90.2 cm³/mol. The monoisotopic (exact) mass is 327 g/mol. The molecule has 6 nitrogen and oxygen atoms in total. The summed E-state index contributed by atoms with van der Waals surface area (Å²) in [7, 11) is 1.65. The summed E-state index contributed by atoms with van der Waals surface area (Å²) in [5.74, 6) is -0.306. The number of aliphatic hydroxyl groups is 1. The van der Waals surface area contributed by atoms with Gasteiger partial charge >= 0.3 is 0 Å². The lowest BCUT2D eigenvalue weighted by Gasteiger charge is -2.28. The van der Waals surface area contributed by atoms with E-state index in [9.17, 15) is 14.7 Å². The van der Waals surface area contributed by atoms with Crippen LogP contribution in [0, 0.1) is 0 Å². The second-order valence-corrected chi connectivity index (χ2v) is 6.40. The Hall–Kier alpha value is -2.47. The first-order valence-corrected chi connectivity index (χ1v) is 8.12. The van der Waals surface area contributed by atoms with Crippen LogP contribution in [0.15, 0.2) is 47.3 Å². The molecule has 1 aliphatic carbocycles. The third-order valence-electron chi connectivity index (χ3n) is 4.43. The lowest BCUT2D eigenvalue weighted by atomic mass is 10.0. The highest BCUT2D eigenvalue weighted by atomic mass is 16.3. The normalized spacial score (nSPS) is 16.1. The van der Waals surface area contributed by atoms with Crippen molar-refractivity contribution >= 4 is 5.91 Å². The molecule has 0 radical (unpaired) electrons. The molecule has 1 aliphatic rings. The van der Waals surface area contributed by atoms with Crippen molar-refractivity contribution < 1.29 is 9.90 Å². The molecule has 1 fully saturated rings. The topological polar surface area (TPSA) is 75.4 Å². The quantitative estimate of drug-likeness (QED) is 0.926. The zero-order valence-electron chi connectivity index (χ0n) is 13.7. The van der Waals surface area contributed by atoms with Crippen molar-refractivity contribution in [1.29, 1.82) is 0 Å². The Kier molecular flexibility index (Phi) is 4.49. The largest absolute Gasteiger partial charge is 0.388 e. The molecule has 1 aromatic heterocycles. The zero-order chi connectivity index (χ0) is 17.2. The van der Waals surface area contributed by atoms with Crippen molar-refractivity contribution in [2.75, 3.05) is 13.6 Å². The highest BCUT2D eigenvalue weighted by molar-refractivity contribution is 5.92. The lowest BCUT2D eigenvalue weighted by molar-refractivity contribution is 0.0154. The van der Waals surface area contributed by atoms with Gasteiger partial charge in [-0.05, 0) is 31.0 Å². The van der Waals surface area contributed by atoms with Gasteiger partial charge in [0.25, 0.3) is 11.5 Å². The summed E-state index contributed by atoms with van der Waals surface area (Å²) >= 11 is 0. The van der Waals surface area contributed by atoms with Crippen LogP contribution in [0.2, 0.25) is 0 Å². The van der Waals surface area contributed by atoms with Gasteiger partial charge in [0.2, 0.25) is 0 Å². The van der Waals surface area contributed by atoms with Crippen LogP contribution >= 0.6 is 0 Å². The van der Waals surface area contributed by atoms with E-state index in [4.69, 9.17) is 0 Å². The minimum atomic E-state index is -0.807. The molecule has 1 saturated carbocycles. The molecule has 0 aliphatic heterocycles. The second-order valence-electron chi connectivity index (χ2n) is 6.40. The molecule has 3 rings (SSSR count). The third kappa shape index (κ3) is 3.38. The zero-order valence-corrected chi connectivity index (χ0v) is 13.7. The highest BCUT2D eigenvalue weighted by Gasteiger charge is 2.33. The summed E-state index contributed by atoms with van der Waals surface area (Å²) in [4.78, 5) is 26.1. The molecule has 126 valence electrons. The van der Waals surface area contributed by atoms with Gasteiger partial charge in [-0.15, -0.1) is 0 Å². The highest BCUT2D eigenvalue weighted by Crippen LogP contribution is 2.30. The average Bonchev–Trinajstić information content (AvgIpc) is 3.01. The van der Waals surface area contributed by atoms with E-state index in [0.717, 1.165) is 12.8 Å². The second kappa shape index (κ2) is 6.57. The smallest absolute Gasteiger partial charge is 0.274 e. The summed E-state index contributed by atoms with van der Waals surface area (Å²) in [6, 6.07) is 11.7. The molecule has 1 N–H and O–H groups in total. The van der Waals surface area contributed by atoms with Gasteiger partial charge in [0.15, 0.2) is 0 Å². The number of carbonyl (C=O) groups is 1. The van der Waals surface area contributed by atoms with Crippen LogP contribution in [0.4, 0.5) is 0 Å². The number of benzene rings is 1. The first kappa shape index (κ1) is 16.4. The van der Waals surface area contributed by atoms with E-state index in [1.807, 2.05) is 6.07 Å². The summed E-state index contributed by atoms with van der Waals surface area (Å²) in [6.45, 7) is 0.276. The van der Waals surface area contributed by atoms with E-state index in [2.05, 4.69) is 5.10 Å². The van der Waals surface area contributed by atoms with E-state index >= 15 is 0 Å². The van der Waals surface area contributed by atoms with Crippen LogP contribution in [-0.4, -0.2) is 44.9 Å². The molecule has 0 atom stereocenters. The van der Waals surface area contributed by atoms with Crippen LogP contribution in [0.1, 0.15) is 36.2 Å². The fourth-order valence-electron chi connectivity index (χ4n) is 3.18. The SMILES string of the molecule is CN(CC1(O)CCCC1)C(=O)c1ccc(=O)n(-c2ccccc2)n1. The Labute approximate surface area is 140 Å². The molecule has 6 heteroatoms. The van der Waals surface area contributed by atoms with Crippen molar-refractivity contribution in [3.8, 4) is 5.69 Å². The predicted octanol–water partition coefficient (Wildman–Crippen LogP) is 1.61.